The van der Waals surface area contributed by atoms with Crippen molar-refractivity contribution in [2.24, 2.45) is 5.41 Å². The van der Waals surface area contributed by atoms with E-state index in [-0.39, 0.29) is 11.5 Å². The molecule has 0 unspecified atom stereocenters. The van der Waals surface area contributed by atoms with Gasteiger partial charge in [0.2, 0.25) is 0 Å². The summed E-state index contributed by atoms with van der Waals surface area (Å²) in [6.07, 6.45) is 5.39. The quantitative estimate of drug-likeness (QED) is 0.408. The summed E-state index contributed by atoms with van der Waals surface area (Å²) in [5.41, 5.74) is 0.422. The second kappa shape index (κ2) is 7.28. The van der Waals surface area contributed by atoms with Crippen LogP contribution in [0.4, 0.5) is 4.39 Å². The standard InChI is InChI=1S/C18H17FO2.C2H6/c1-6-14-15(19)8-7-12-10-13(9-11(2)16(12)14)21-17(20)18(3,4)5;1-2/h1,7-10H,2-5H3;1-2H3. The van der Waals surface area contributed by atoms with Crippen LogP contribution in [0.25, 0.3) is 10.8 Å². The SMILES string of the molecule is C#Cc1c(F)ccc2cc(OC(=O)C(C)(C)C)cc(C)c12.CC. The third-order valence-corrected chi connectivity index (χ3v) is 3.20. The number of rotatable bonds is 1. The van der Waals surface area contributed by atoms with E-state index in [2.05, 4.69) is 5.92 Å². The number of carbonyl (C=O) groups excluding carboxylic acids is 1. The van der Waals surface area contributed by atoms with Gasteiger partial charge in [-0.25, -0.2) is 4.39 Å². The average Bonchev–Trinajstić information content (AvgIpc) is 2.49. The molecule has 0 bridgehead atoms. The number of halogens is 1. The van der Waals surface area contributed by atoms with E-state index in [4.69, 9.17) is 11.2 Å². The van der Waals surface area contributed by atoms with Crippen LogP contribution in [0.5, 0.6) is 5.75 Å². The van der Waals surface area contributed by atoms with Crippen LogP contribution in [-0.2, 0) is 4.79 Å². The van der Waals surface area contributed by atoms with Crippen molar-refractivity contribution >= 4 is 16.7 Å². The van der Waals surface area contributed by atoms with E-state index in [0.29, 0.717) is 11.1 Å². The van der Waals surface area contributed by atoms with Crippen molar-refractivity contribution in [3.8, 4) is 18.1 Å². The van der Waals surface area contributed by atoms with Gasteiger partial charge >= 0.3 is 5.97 Å². The molecule has 2 rings (SSSR count). The van der Waals surface area contributed by atoms with Gasteiger partial charge in [-0.3, -0.25) is 4.79 Å². The molecule has 0 spiro atoms. The lowest BCUT2D eigenvalue weighted by Crippen LogP contribution is -2.25. The highest BCUT2D eigenvalue weighted by molar-refractivity contribution is 5.93. The summed E-state index contributed by atoms with van der Waals surface area (Å²) in [6, 6.07) is 6.36. The second-order valence-corrected chi connectivity index (χ2v) is 6.04. The zero-order valence-electron chi connectivity index (χ0n) is 14.6. The second-order valence-electron chi connectivity index (χ2n) is 6.04. The maximum absolute atomic E-state index is 13.7. The molecule has 3 heteroatoms. The molecule has 0 aliphatic rings. The molecule has 122 valence electrons. The molecule has 0 radical (unpaired) electrons. The summed E-state index contributed by atoms with van der Waals surface area (Å²) >= 11 is 0. The fourth-order valence-corrected chi connectivity index (χ4v) is 2.08. The van der Waals surface area contributed by atoms with Gasteiger partial charge in [-0.15, -0.1) is 6.42 Å². The van der Waals surface area contributed by atoms with Crippen LogP contribution < -0.4 is 4.74 Å². The van der Waals surface area contributed by atoms with Gasteiger partial charge in [0.1, 0.15) is 11.6 Å². The Labute approximate surface area is 137 Å². The summed E-state index contributed by atoms with van der Waals surface area (Å²) in [5, 5.41) is 1.43. The fourth-order valence-electron chi connectivity index (χ4n) is 2.08. The van der Waals surface area contributed by atoms with E-state index in [1.165, 1.54) is 6.07 Å². The third-order valence-electron chi connectivity index (χ3n) is 3.20. The Morgan fingerprint density at radius 1 is 1.22 bits per heavy atom. The van der Waals surface area contributed by atoms with Crippen molar-refractivity contribution in [3.05, 3.63) is 41.2 Å². The molecule has 0 saturated carbocycles. The first-order chi connectivity index (χ1) is 10.7. The maximum atomic E-state index is 13.7. The first kappa shape index (κ1) is 18.7. The van der Waals surface area contributed by atoms with Crippen molar-refractivity contribution < 1.29 is 13.9 Å². The van der Waals surface area contributed by atoms with Gasteiger partial charge in [0.05, 0.1) is 11.0 Å². The van der Waals surface area contributed by atoms with Crippen LogP contribution in [0.15, 0.2) is 24.3 Å². The first-order valence-electron chi connectivity index (χ1n) is 7.66. The van der Waals surface area contributed by atoms with Gasteiger partial charge in [-0.1, -0.05) is 25.8 Å². The van der Waals surface area contributed by atoms with E-state index >= 15 is 0 Å². The zero-order chi connectivity index (χ0) is 17.8. The van der Waals surface area contributed by atoms with Crippen molar-refractivity contribution in [3.63, 3.8) is 0 Å². The van der Waals surface area contributed by atoms with Gasteiger partial charge < -0.3 is 4.74 Å². The Bertz CT molecular complexity index is 762. The molecule has 0 fully saturated rings. The van der Waals surface area contributed by atoms with Crippen LogP contribution in [0.3, 0.4) is 0 Å². The largest absolute Gasteiger partial charge is 0.426 e. The topological polar surface area (TPSA) is 26.3 Å². The monoisotopic (exact) mass is 314 g/mol. The predicted octanol–water partition coefficient (Wildman–Crippen LogP) is 5.25. The highest BCUT2D eigenvalue weighted by Crippen LogP contribution is 2.30. The molecule has 2 aromatic rings. The van der Waals surface area contributed by atoms with Gasteiger partial charge in [-0.2, -0.15) is 0 Å². The smallest absolute Gasteiger partial charge is 0.316 e. The molecule has 0 amide bonds. The van der Waals surface area contributed by atoms with Crippen LogP contribution in [0, 0.1) is 30.5 Å². The molecule has 0 heterocycles. The van der Waals surface area contributed by atoms with Crippen LogP contribution >= 0.6 is 0 Å². The van der Waals surface area contributed by atoms with Gasteiger partial charge in [0, 0.05) is 5.39 Å². The average molecular weight is 314 g/mol. The van der Waals surface area contributed by atoms with Crippen molar-refractivity contribution in [2.45, 2.75) is 41.5 Å². The first-order valence-corrected chi connectivity index (χ1v) is 7.66. The fraction of sp³-hybridized carbons (Fsp3) is 0.350. The number of aryl methyl sites for hydroxylation is 1. The highest BCUT2D eigenvalue weighted by Gasteiger charge is 2.24. The third kappa shape index (κ3) is 4.10. The van der Waals surface area contributed by atoms with Crippen molar-refractivity contribution in [2.75, 3.05) is 0 Å². The number of carbonyl (C=O) groups is 1. The molecule has 0 N–H and O–H groups in total. The van der Waals surface area contributed by atoms with Crippen molar-refractivity contribution in [1.82, 2.24) is 0 Å². The molecule has 0 atom stereocenters. The summed E-state index contributed by atoms with van der Waals surface area (Å²) in [4.78, 5) is 11.9. The molecule has 2 aromatic carbocycles. The molecule has 0 aromatic heterocycles. The molecular weight excluding hydrogens is 291 g/mol. The summed E-state index contributed by atoms with van der Waals surface area (Å²) in [7, 11) is 0. The van der Waals surface area contributed by atoms with Crippen LogP contribution in [0.2, 0.25) is 0 Å². The summed E-state index contributed by atoms with van der Waals surface area (Å²) < 4.78 is 19.1. The molecule has 0 aliphatic heterocycles. The summed E-state index contributed by atoms with van der Waals surface area (Å²) in [5.74, 6) is 2.08. The Balaban J connectivity index is 0.00000127. The predicted molar refractivity (Wildman–Crippen MR) is 93.0 cm³/mol. The van der Waals surface area contributed by atoms with E-state index in [1.54, 1.807) is 39.0 Å². The number of benzene rings is 2. The van der Waals surface area contributed by atoms with Crippen molar-refractivity contribution in [1.29, 1.82) is 0 Å². The maximum Gasteiger partial charge on any atom is 0.316 e. The lowest BCUT2D eigenvalue weighted by molar-refractivity contribution is -0.142. The molecule has 0 saturated heterocycles. The van der Waals surface area contributed by atoms with E-state index < -0.39 is 11.2 Å². The normalized spacial score (nSPS) is 10.5. The van der Waals surface area contributed by atoms with E-state index in [0.717, 1.165) is 10.9 Å². The van der Waals surface area contributed by atoms with E-state index in [9.17, 15) is 9.18 Å². The Kier molecular flexibility index (Phi) is 5.92. The minimum atomic E-state index is -0.588. The lowest BCUT2D eigenvalue weighted by atomic mass is 9.97. The molecule has 23 heavy (non-hydrogen) atoms. The van der Waals surface area contributed by atoms with Gasteiger partial charge in [0.25, 0.3) is 0 Å². The number of hydrogen-bond acceptors (Lipinski definition) is 2. The Hall–Kier alpha value is -2.34. The molecule has 0 aliphatic carbocycles. The molecule has 2 nitrogen and oxygen atoms in total. The number of ether oxygens (including phenoxy) is 1. The lowest BCUT2D eigenvalue weighted by Gasteiger charge is -2.17. The Morgan fingerprint density at radius 2 is 1.83 bits per heavy atom. The van der Waals surface area contributed by atoms with Gasteiger partial charge in [-0.05, 0) is 56.8 Å². The minimum Gasteiger partial charge on any atom is -0.426 e. The van der Waals surface area contributed by atoms with Crippen LogP contribution in [-0.4, -0.2) is 5.97 Å². The van der Waals surface area contributed by atoms with Crippen LogP contribution in [0.1, 0.15) is 45.7 Å². The summed E-state index contributed by atoms with van der Waals surface area (Å²) in [6.45, 7) is 11.2. The zero-order valence-corrected chi connectivity index (χ0v) is 14.6. The minimum absolute atomic E-state index is 0.235. The number of fused-ring (bicyclic) bond motifs is 1. The molecular formula is C20H23FO2. The van der Waals surface area contributed by atoms with Gasteiger partial charge in [0.15, 0.2) is 0 Å². The number of esters is 1. The van der Waals surface area contributed by atoms with E-state index in [1.807, 2.05) is 20.8 Å². The number of terminal acetylenes is 1. The Morgan fingerprint density at radius 3 is 2.35 bits per heavy atom. The highest BCUT2D eigenvalue weighted by atomic mass is 19.1. The number of hydrogen-bond donors (Lipinski definition) is 0.